The Morgan fingerprint density at radius 2 is 1.71 bits per heavy atom. The highest BCUT2D eigenvalue weighted by molar-refractivity contribution is 5.39. The molecule has 4 nitrogen and oxygen atoms in total. The molecule has 0 bridgehead atoms. The van der Waals surface area contributed by atoms with Crippen molar-refractivity contribution in [3.8, 4) is 0 Å². The van der Waals surface area contributed by atoms with Gasteiger partial charge in [0.1, 0.15) is 5.65 Å². The molecule has 0 N–H and O–H groups in total. The van der Waals surface area contributed by atoms with E-state index in [0.29, 0.717) is 10.8 Å². The van der Waals surface area contributed by atoms with Crippen LogP contribution in [0.5, 0.6) is 0 Å². The fourth-order valence-corrected chi connectivity index (χ4v) is 2.59. The molecule has 0 saturated heterocycles. The second kappa shape index (κ2) is 7.20. The van der Waals surface area contributed by atoms with Crippen molar-refractivity contribution in [1.82, 2.24) is 18.9 Å². The largest absolute Gasteiger partial charge is 0.337 e. The molecule has 4 heteroatoms. The summed E-state index contributed by atoms with van der Waals surface area (Å²) in [6.45, 7) is 14.4. The third kappa shape index (κ3) is 5.84. The van der Waals surface area contributed by atoms with Gasteiger partial charge in [-0.25, -0.2) is 9.97 Å². The molecule has 0 aliphatic rings. The van der Waals surface area contributed by atoms with Crippen molar-refractivity contribution >= 4 is 5.65 Å². The van der Waals surface area contributed by atoms with Crippen molar-refractivity contribution in [2.45, 2.75) is 54.5 Å². The number of nitrogens with zero attached hydrogens (tertiary/aromatic N) is 4. The van der Waals surface area contributed by atoms with Gasteiger partial charge in [-0.05, 0) is 29.4 Å². The standard InChI is InChI=1S/C12H16N2.C8H14N2/c1-12(2,3)8-10-9-13-11-6-4-5-7-14(10)11;1-8(2,3)6-10-5-4-9-7-10/h4-7,9H,8H2,1-3H3;4-5,7H,6H2,1-3H3. The molecule has 0 fully saturated rings. The van der Waals surface area contributed by atoms with Gasteiger partial charge < -0.3 is 8.97 Å². The van der Waals surface area contributed by atoms with E-state index < -0.39 is 0 Å². The topological polar surface area (TPSA) is 35.1 Å². The molecule has 24 heavy (non-hydrogen) atoms. The van der Waals surface area contributed by atoms with Gasteiger partial charge in [0.05, 0.1) is 6.33 Å². The zero-order valence-electron chi connectivity index (χ0n) is 15.8. The molecule has 130 valence electrons. The zero-order valence-corrected chi connectivity index (χ0v) is 15.8. The van der Waals surface area contributed by atoms with Gasteiger partial charge in [-0.1, -0.05) is 47.6 Å². The lowest BCUT2D eigenvalue weighted by Crippen LogP contribution is -2.13. The van der Waals surface area contributed by atoms with Crippen molar-refractivity contribution < 1.29 is 0 Å². The lowest BCUT2D eigenvalue weighted by atomic mass is 9.91. The van der Waals surface area contributed by atoms with E-state index in [1.165, 1.54) is 5.69 Å². The Balaban J connectivity index is 0.000000185. The van der Waals surface area contributed by atoms with Gasteiger partial charge in [-0.3, -0.25) is 0 Å². The quantitative estimate of drug-likeness (QED) is 0.674. The summed E-state index contributed by atoms with van der Waals surface area (Å²) in [4.78, 5) is 8.34. The first-order valence-corrected chi connectivity index (χ1v) is 8.51. The Hall–Kier alpha value is -2.10. The molecule has 3 heterocycles. The summed E-state index contributed by atoms with van der Waals surface area (Å²) in [5.74, 6) is 0. The summed E-state index contributed by atoms with van der Waals surface area (Å²) in [5.41, 5.74) is 2.98. The molecule has 0 unspecified atom stereocenters. The number of pyridine rings is 1. The smallest absolute Gasteiger partial charge is 0.136 e. The maximum Gasteiger partial charge on any atom is 0.136 e. The van der Waals surface area contributed by atoms with E-state index in [-0.39, 0.29) is 0 Å². The van der Waals surface area contributed by atoms with Gasteiger partial charge in [0.15, 0.2) is 0 Å². The molecule has 0 saturated carbocycles. The van der Waals surface area contributed by atoms with Gasteiger partial charge >= 0.3 is 0 Å². The minimum Gasteiger partial charge on any atom is -0.337 e. The second-order valence-corrected chi connectivity index (χ2v) is 8.71. The first-order valence-electron chi connectivity index (χ1n) is 8.51. The van der Waals surface area contributed by atoms with E-state index >= 15 is 0 Å². The molecule has 0 amide bonds. The van der Waals surface area contributed by atoms with E-state index in [1.807, 2.05) is 43.1 Å². The SMILES string of the molecule is CC(C)(C)Cc1cnc2ccccn12.CC(C)(C)Cn1ccnc1. The number of aromatic nitrogens is 4. The van der Waals surface area contributed by atoms with Crippen molar-refractivity contribution in [2.24, 2.45) is 10.8 Å². The Kier molecular flexibility index (Phi) is 5.47. The predicted molar refractivity (Wildman–Crippen MR) is 100 cm³/mol. The van der Waals surface area contributed by atoms with Crippen LogP contribution >= 0.6 is 0 Å². The van der Waals surface area contributed by atoms with E-state index in [4.69, 9.17) is 0 Å². The van der Waals surface area contributed by atoms with Crippen molar-refractivity contribution in [2.75, 3.05) is 0 Å². The van der Waals surface area contributed by atoms with Crippen LogP contribution in [0.4, 0.5) is 0 Å². The summed E-state index contributed by atoms with van der Waals surface area (Å²) in [5, 5.41) is 0. The summed E-state index contributed by atoms with van der Waals surface area (Å²) < 4.78 is 4.26. The molecular formula is C20H30N4. The summed E-state index contributed by atoms with van der Waals surface area (Å²) in [7, 11) is 0. The van der Waals surface area contributed by atoms with Crippen molar-refractivity contribution in [1.29, 1.82) is 0 Å². The number of hydrogen-bond donors (Lipinski definition) is 0. The van der Waals surface area contributed by atoms with E-state index in [2.05, 4.69) is 66.7 Å². The molecule has 0 radical (unpaired) electrons. The van der Waals surface area contributed by atoms with Gasteiger partial charge in [0, 0.05) is 37.0 Å². The molecular weight excluding hydrogens is 296 g/mol. The van der Waals surface area contributed by atoms with E-state index in [1.54, 1.807) is 0 Å². The fraction of sp³-hybridized carbons (Fsp3) is 0.500. The third-order valence-electron chi connectivity index (χ3n) is 3.42. The van der Waals surface area contributed by atoms with Gasteiger partial charge in [-0.2, -0.15) is 0 Å². The maximum atomic E-state index is 4.37. The predicted octanol–water partition coefficient (Wildman–Crippen LogP) is 4.85. The van der Waals surface area contributed by atoms with Gasteiger partial charge in [0.25, 0.3) is 0 Å². The Labute approximate surface area is 145 Å². The van der Waals surface area contributed by atoms with E-state index in [9.17, 15) is 0 Å². The Morgan fingerprint density at radius 1 is 0.958 bits per heavy atom. The van der Waals surface area contributed by atoms with Crippen molar-refractivity contribution in [3.05, 3.63) is 55.0 Å². The van der Waals surface area contributed by atoms with Crippen LogP contribution in [0.1, 0.15) is 47.2 Å². The number of fused-ring (bicyclic) bond motifs is 1. The number of imidazole rings is 2. The average molecular weight is 326 g/mol. The molecule has 0 aromatic carbocycles. The normalized spacial score (nSPS) is 12.1. The third-order valence-corrected chi connectivity index (χ3v) is 3.42. The molecule has 3 aromatic rings. The molecule has 0 aliphatic carbocycles. The maximum absolute atomic E-state index is 4.37. The first-order chi connectivity index (χ1) is 11.1. The van der Waals surface area contributed by atoms with Crippen LogP contribution in [0, 0.1) is 10.8 Å². The highest BCUT2D eigenvalue weighted by Gasteiger charge is 2.14. The zero-order chi connectivity index (χ0) is 17.8. The Bertz CT molecular complexity index is 740. The molecule has 3 rings (SSSR count). The first kappa shape index (κ1) is 18.2. The fourth-order valence-electron chi connectivity index (χ4n) is 2.59. The van der Waals surface area contributed by atoms with Crippen LogP contribution in [0.2, 0.25) is 0 Å². The van der Waals surface area contributed by atoms with Crippen LogP contribution in [0.3, 0.4) is 0 Å². The molecule has 0 atom stereocenters. The van der Waals surface area contributed by atoms with Crippen LogP contribution < -0.4 is 0 Å². The minimum atomic E-state index is 0.311. The Morgan fingerprint density at radius 3 is 2.29 bits per heavy atom. The summed E-state index contributed by atoms with van der Waals surface area (Å²) in [6.07, 6.45) is 10.8. The van der Waals surface area contributed by atoms with Crippen molar-refractivity contribution in [3.63, 3.8) is 0 Å². The van der Waals surface area contributed by atoms with Crippen LogP contribution in [-0.4, -0.2) is 18.9 Å². The highest BCUT2D eigenvalue weighted by atomic mass is 15.0. The monoisotopic (exact) mass is 326 g/mol. The average Bonchev–Trinajstić information content (AvgIpc) is 3.07. The molecule has 3 aromatic heterocycles. The molecule has 0 aliphatic heterocycles. The minimum absolute atomic E-state index is 0.311. The van der Waals surface area contributed by atoms with E-state index in [0.717, 1.165) is 18.6 Å². The van der Waals surface area contributed by atoms with Crippen LogP contribution in [-0.2, 0) is 13.0 Å². The van der Waals surface area contributed by atoms with Crippen LogP contribution in [0.25, 0.3) is 5.65 Å². The molecule has 0 spiro atoms. The lowest BCUT2D eigenvalue weighted by Gasteiger charge is -2.17. The highest BCUT2D eigenvalue weighted by Crippen LogP contribution is 2.21. The number of hydrogen-bond acceptors (Lipinski definition) is 2. The lowest BCUT2D eigenvalue weighted by molar-refractivity contribution is 0.343. The summed E-state index contributed by atoms with van der Waals surface area (Å²) in [6, 6.07) is 6.09. The van der Waals surface area contributed by atoms with Gasteiger partial charge in [-0.15, -0.1) is 0 Å². The van der Waals surface area contributed by atoms with Crippen LogP contribution in [0.15, 0.2) is 49.3 Å². The van der Waals surface area contributed by atoms with Gasteiger partial charge in [0.2, 0.25) is 0 Å². The number of rotatable bonds is 2. The second-order valence-electron chi connectivity index (χ2n) is 8.71. The summed E-state index contributed by atoms with van der Waals surface area (Å²) >= 11 is 0.